The van der Waals surface area contributed by atoms with Crippen LogP contribution >= 0.6 is 0 Å². The largest absolute Gasteiger partial charge is 0.352 e. The summed E-state index contributed by atoms with van der Waals surface area (Å²) in [5.74, 6) is -0.0187. The van der Waals surface area contributed by atoms with Crippen molar-refractivity contribution in [1.29, 1.82) is 0 Å². The van der Waals surface area contributed by atoms with Gasteiger partial charge in [0, 0.05) is 6.04 Å². The van der Waals surface area contributed by atoms with Gasteiger partial charge in [-0.05, 0) is 56.9 Å². The minimum atomic E-state index is -3.58. The number of nitrogens with one attached hydrogen (secondary N) is 1. The number of rotatable bonds is 6. The number of carbonyl (C=O) groups is 1. The Balaban J connectivity index is 3.20. The highest BCUT2D eigenvalue weighted by Crippen LogP contribution is 2.24. The highest BCUT2D eigenvalue weighted by molar-refractivity contribution is 7.92. The summed E-state index contributed by atoms with van der Waals surface area (Å²) < 4.78 is 25.7. The van der Waals surface area contributed by atoms with Crippen LogP contribution in [0.3, 0.4) is 0 Å². The van der Waals surface area contributed by atoms with Gasteiger partial charge in [0.1, 0.15) is 6.04 Å². The number of amides is 1. The van der Waals surface area contributed by atoms with E-state index in [-0.39, 0.29) is 17.9 Å². The van der Waals surface area contributed by atoms with E-state index in [1.54, 1.807) is 19.1 Å². The van der Waals surface area contributed by atoms with Crippen molar-refractivity contribution in [3.8, 4) is 0 Å². The topological polar surface area (TPSA) is 66.5 Å². The average Bonchev–Trinajstić information content (AvgIpc) is 2.35. The van der Waals surface area contributed by atoms with Crippen LogP contribution < -0.4 is 9.62 Å². The Hall–Kier alpha value is -1.56. The molecule has 1 aromatic carbocycles. The lowest BCUT2D eigenvalue weighted by atomic mass is 10.1. The van der Waals surface area contributed by atoms with E-state index in [4.69, 9.17) is 0 Å². The zero-order chi connectivity index (χ0) is 17.9. The smallest absolute Gasteiger partial charge is 0.243 e. The van der Waals surface area contributed by atoms with E-state index in [9.17, 15) is 13.2 Å². The summed E-state index contributed by atoms with van der Waals surface area (Å²) in [6.45, 7) is 11.4. The van der Waals surface area contributed by atoms with Crippen LogP contribution in [-0.2, 0) is 14.8 Å². The van der Waals surface area contributed by atoms with E-state index in [0.717, 1.165) is 17.4 Å². The zero-order valence-electron chi connectivity index (χ0n) is 15.0. The first-order valence-electron chi connectivity index (χ1n) is 7.81. The molecule has 1 rings (SSSR count). The minimum absolute atomic E-state index is 0.0226. The Morgan fingerprint density at radius 1 is 1.04 bits per heavy atom. The van der Waals surface area contributed by atoms with Crippen molar-refractivity contribution in [3.63, 3.8) is 0 Å². The van der Waals surface area contributed by atoms with Crippen molar-refractivity contribution in [2.75, 3.05) is 10.6 Å². The minimum Gasteiger partial charge on any atom is -0.352 e. The molecule has 0 radical (unpaired) electrons. The Morgan fingerprint density at radius 2 is 1.52 bits per heavy atom. The van der Waals surface area contributed by atoms with Gasteiger partial charge in [-0.15, -0.1) is 0 Å². The molecular formula is C17H28N2O3S. The first-order valence-corrected chi connectivity index (χ1v) is 9.66. The van der Waals surface area contributed by atoms with E-state index in [1.165, 1.54) is 4.31 Å². The van der Waals surface area contributed by atoms with Crippen LogP contribution in [-0.4, -0.2) is 32.7 Å². The molecule has 0 aliphatic carbocycles. The molecule has 130 valence electrons. The van der Waals surface area contributed by atoms with Gasteiger partial charge in [-0.1, -0.05) is 19.9 Å². The zero-order valence-corrected chi connectivity index (χ0v) is 15.9. The molecule has 0 fully saturated rings. The fourth-order valence-electron chi connectivity index (χ4n) is 2.40. The lowest BCUT2D eigenvalue weighted by Gasteiger charge is -2.30. The molecule has 0 unspecified atom stereocenters. The molecule has 2 atom stereocenters. The number of hydrogen-bond acceptors (Lipinski definition) is 3. The van der Waals surface area contributed by atoms with Crippen LogP contribution in [0.15, 0.2) is 18.2 Å². The maximum atomic E-state index is 12.5. The first kappa shape index (κ1) is 19.5. The van der Waals surface area contributed by atoms with Gasteiger partial charge in [-0.2, -0.15) is 0 Å². The van der Waals surface area contributed by atoms with Crippen LogP contribution in [0.2, 0.25) is 0 Å². The third-order valence-corrected chi connectivity index (χ3v) is 5.16. The number of nitrogens with zero attached hydrogens (tertiary/aromatic N) is 1. The Labute approximate surface area is 140 Å². The van der Waals surface area contributed by atoms with Gasteiger partial charge >= 0.3 is 0 Å². The van der Waals surface area contributed by atoms with E-state index in [1.807, 2.05) is 40.7 Å². The maximum absolute atomic E-state index is 12.5. The molecule has 0 aliphatic rings. The highest BCUT2D eigenvalue weighted by atomic mass is 32.2. The van der Waals surface area contributed by atoms with Crippen molar-refractivity contribution in [2.24, 2.45) is 5.92 Å². The normalized spacial score (nSPS) is 14.4. The number of anilines is 1. The summed E-state index contributed by atoms with van der Waals surface area (Å²) in [4.78, 5) is 12.5. The molecule has 0 saturated heterocycles. The molecule has 1 aromatic rings. The third-order valence-electron chi connectivity index (χ3n) is 3.92. The Kier molecular flexibility index (Phi) is 6.22. The molecule has 0 saturated carbocycles. The van der Waals surface area contributed by atoms with Crippen molar-refractivity contribution in [3.05, 3.63) is 29.3 Å². The predicted molar refractivity (Wildman–Crippen MR) is 95.1 cm³/mol. The molecule has 0 heterocycles. The fourth-order valence-corrected chi connectivity index (χ4v) is 3.56. The van der Waals surface area contributed by atoms with Crippen LogP contribution in [0.4, 0.5) is 5.69 Å². The standard InChI is InChI=1S/C17H28N2O3S/c1-11(2)14(5)18-17(20)15(6)19(23(7,21)22)16-9-12(3)8-13(4)10-16/h8-11,14-15H,1-7H3,(H,18,20)/t14-,15-/m1/s1. The summed E-state index contributed by atoms with van der Waals surface area (Å²) in [6, 6.07) is 4.70. The molecular weight excluding hydrogens is 312 g/mol. The Morgan fingerprint density at radius 3 is 1.91 bits per heavy atom. The fraction of sp³-hybridized carbons (Fsp3) is 0.588. The lowest BCUT2D eigenvalue weighted by Crippen LogP contribution is -2.50. The molecule has 0 aromatic heterocycles. The van der Waals surface area contributed by atoms with E-state index in [0.29, 0.717) is 5.69 Å². The van der Waals surface area contributed by atoms with Crippen molar-refractivity contribution < 1.29 is 13.2 Å². The van der Waals surface area contributed by atoms with Gasteiger partial charge in [0.2, 0.25) is 15.9 Å². The quantitative estimate of drug-likeness (QED) is 0.865. The molecule has 23 heavy (non-hydrogen) atoms. The van der Waals surface area contributed by atoms with Crippen LogP contribution in [0.5, 0.6) is 0 Å². The van der Waals surface area contributed by atoms with Crippen molar-refractivity contribution >= 4 is 21.6 Å². The summed E-state index contributed by atoms with van der Waals surface area (Å²) in [7, 11) is -3.58. The summed E-state index contributed by atoms with van der Waals surface area (Å²) in [6.07, 6.45) is 1.13. The maximum Gasteiger partial charge on any atom is 0.243 e. The van der Waals surface area contributed by atoms with Gasteiger partial charge in [0.15, 0.2) is 0 Å². The van der Waals surface area contributed by atoms with Gasteiger partial charge in [-0.25, -0.2) is 8.42 Å². The van der Waals surface area contributed by atoms with E-state index >= 15 is 0 Å². The molecule has 0 aliphatic heterocycles. The molecule has 6 heteroatoms. The molecule has 5 nitrogen and oxygen atoms in total. The van der Waals surface area contributed by atoms with Crippen LogP contribution in [0.25, 0.3) is 0 Å². The predicted octanol–water partition coefficient (Wildman–Crippen LogP) is 2.62. The lowest BCUT2D eigenvalue weighted by molar-refractivity contribution is -0.122. The van der Waals surface area contributed by atoms with Crippen molar-refractivity contribution in [2.45, 2.75) is 53.6 Å². The number of benzene rings is 1. The SMILES string of the molecule is Cc1cc(C)cc(N([C@H](C)C(=O)N[C@H](C)C(C)C)S(C)(=O)=O)c1. The third kappa shape index (κ3) is 5.23. The van der Waals surface area contributed by atoms with Crippen molar-refractivity contribution in [1.82, 2.24) is 5.32 Å². The van der Waals surface area contributed by atoms with Gasteiger partial charge in [0.25, 0.3) is 0 Å². The van der Waals surface area contributed by atoms with Crippen LogP contribution in [0.1, 0.15) is 38.8 Å². The number of sulfonamides is 1. The van der Waals surface area contributed by atoms with Gasteiger partial charge in [0.05, 0.1) is 11.9 Å². The molecule has 0 bridgehead atoms. The van der Waals surface area contributed by atoms with Crippen LogP contribution in [0, 0.1) is 19.8 Å². The first-order chi connectivity index (χ1) is 10.4. The average molecular weight is 340 g/mol. The van der Waals surface area contributed by atoms with Gasteiger partial charge < -0.3 is 5.32 Å². The summed E-state index contributed by atoms with van der Waals surface area (Å²) in [5, 5.41) is 2.89. The molecule has 0 spiro atoms. The second kappa shape index (κ2) is 7.34. The van der Waals surface area contributed by atoms with E-state index in [2.05, 4.69) is 5.32 Å². The number of aryl methyl sites for hydroxylation is 2. The number of carbonyl (C=O) groups excluding carboxylic acids is 1. The molecule has 1 amide bonds. The summed E-state index contributed by atoms with van der Waals surface area (Å²) in [5.41, 5.74) is 2.43. The second-order valence-corrected chi connectivity index (χ2v) is 8.48. The Bertz CT molecular complexity index is 648. The number of hydrogen-bond donors (Lipinski definition) is 1. The van der Waals surface area contributed by atoms with Gasteiger partial charge in [-0.3, -0.25) is 9.10 Å². The second-order valence-electron chi connectivity index (χ2n) is 6.62. The highest BCUT2D eigenvalue weighted by Gasteiger charge is 2.30. The molecule has 1 N–H and O–H groups in total. The summed E-state index contributed by atoms with van der Waals surface area (Å²) >= 11 is 0. The van der Waals surface area contributed by atoms with E-state index < -0.39 is 16.1 Å². The monoisotopic (exact) mass is 340 g/mol.